The van der Waals surface area contributed by atoms with Crippen molar-refractivity contribution in [2.45, 2.75) is 140 Å². The van der Waals surface area contributed by atoms with Gasteiger partial charge in [-0.25, -0.2) is 0 Å². The van der Waals surface area contributed by atoms with Gasteiger partial charge >= 0.3 is 0 Å². The van der Waals surface area contributed by atoms with Gasteiger partial charge in [-0.15, -0.1) is 0 Å². The Bertz CT molecular complexity index is 1080. The van der Waals surface area contributed by atoms with Crippen molar-refractivity contribution >= 4 is 0 Å². The van der Waals surface area contributed by atoms with Crippen molar-refractivity contribution < 1.29 is 44.5 Å². The summed E-state index contributed by atoms with van der Waals surface area (Å²) in [6, 6.07) is 0. The minimum Gasteiger partial charge on any atom is -0.394 e. The van der Waals surface area contributed by atoms with Gasteiger partial charge in [-0.05, 0) is 92.8 Å². The number of hydrogen-bond acceptors (Lipinski definition) is 9. The summed E-state index contributed by atoms with van der Waals surface area (Å²) in [6.07, 6.45) is 5.22. The molecule has 0 aromatic rings. The summed E-state index contributed by atoms with van der Waals surface area (Å²) >= 11 is 0. The van der Waals surface area contributed by atoms with E-state index < -0.39 is 48.7 Å². The van der Waals surface area contributed by atoms with E-state index in [-0.39, 0.29) is 29.6 Å². The third-order valence-electron chi connectivity index (χ3n) is 13.7. The van der Waals surface area contributed by atoms with Crippen molar-refractivity contribution in [1.82, 2.24) is 0 Å². The third kappa shape index (κ3) is 4.21. The molecule has 7 rings (SSSR count). The van der Waals surface area contributed by atoms with Crippen LogP contribution < -0.4 is 0 Å². The molecule has 1 spiro atoms. The second kappa shape index (κ2) is 10.2. The van der Waals surface area contributed by atoms with E-state index in [0.29, 0.717) is 29.6 Å². The zero-order valence-corrected chi connectivity index (χ0v) is 25.7. The molecule has 7 aliphatic rings. The summed E-state index contributed by atoms with van der Waals surface area (Å²) in [6.45, 7) is 8.91. The minimum atomic E-state index is -1.42. The van der Waals surface area contributed by atoms with Gasteiger partial charge in [-0.2, -0.15) is 0 Å². The standard InChI is InChI=1S/C33H52O9/c1-17-25-23(41-33(17)12-11-30(2,16-35)42-33)14-22-20-6-5-18-13-19(7-9-31(18,3)21(20)8-10-32(22,25)4)39-29-28(38)27(37)26(36)24(15-34)40-29/h5,17,19-29,34-38H,6-16H2,1-4H3/t17-,19-,20+,21-,22-,23-,24+,25-,26+,27?,28?,29+,30-,31-,32-,33-/m0/s1. The molecule has 3 aliphatic heterocycles. The van der Waals surface area contributed by atoms with E-state index in [1.807, 2.05) is 6.92 Å². The first-order valence-corrected chi connectivity index (χ1v) is 16.5. The molecular weight excluding hydrogens is 540 g/mol. The molecule has 3 saturated carbocycles. The van der Waals surface area contributed by atoms with Gasteiger partial charge in [-0.3, -0.25) is 0 Å². The summed E-state index contributed by atoms with van der Waals surface area (Å²) in [7, 11) is 0. The van der Waals surface area contributed by atoms with Crippen LogP contribution in [0.3, 0.4) is 0 Å². The van der Waals surface area contributed by atoms with E-state index in [1.165, 1.54) is 18.4 Å². The third-order valence-corrected chi connectivity index (χ3v) is 13.7. The van der Waals surface area contributed by atoms with Crippen molar-refractivity contribution in [1.29, 1.82) is 0 Å². The molecular formula is C33H52O9. The van der Waals surface area contributed by atoms with Gasteiger partial charge in [0.25, 0.3) is 0 Å². The number of hydrogen-bond donors (Lipinski definition) is 5. The fraction of sp³-hybridized carbons (Fsp3) is 0.939. The van der Waals surface area contributed by atoms with Gasteiger partial charge in [-0.1, -0.05) is 32.4 Å². The van der Waals surface area contributed by atoms with E-state index in [2.05, 4.69) is 26.8 Å². The summed E-state index contributed by atoms with van der Waals surface area (Å²) < 4.78 is 25.3. The van der Waals surface area contributed by atoms with E-state index >= 15 is 0 Å². The highest BCUT2D eigenvalue weighted by atomic mass is 16.7. The number of fused-ring (bicyclic) bond motifs is 7. The molecule has 4 aliphatic carbocycles. The lowest BCUT2D eigenvalue weighted by molar-refractivity contribution is -0.313. The molecule has 0 bridgehead atoms. The first-order valence-electron chi connectivity index (χ1n) is 16.5. The number of aliphatic hydroxyl groups is 5. The maximum absolute atomic E-state index is 10.5. The predicted molar refractivity (Wildman–Crippen MR) is 152 cm³/mol. The highest BCUT2D eigenvalue weighted by Crippen LogP contribution is 2.71. The van der Waals surface area contributed by atoms with Crippen molar-refractivity contribution in [3.63, 3.8) is 0 Å². The molecule has 6 fully saturated rings. The average Bonchev–Trinajstić information content (AvgIpc) is 3.57. The molecule has 0 radical (unpaired) electrons. The second-order valence-electron chi connectivity index (χ2n) is 15.7. The van der Waals surface area contributed by atoms with Crippen LogP contribution in [-0.2, 0) is 18.9 Å². The highest BCUT2D eigenvalue weighted by molar-refractivity contribution is 5.26. The Morgan fingerprint density at radius 1 is 0.952 bits per heavy atom. The smallest absolute Gasteiger partial charge is 0.186 e. The largest absolute Gasteiger partial charge is 0.394 e. The molecule has 238 valence electrons. The van der Waals surface area contributed by atoms with E-state index in [9.17, 15) is 25.5 Å². The Kier molecular flexibility index (Phi) is 7.29. The Balaban J connectivity index is 1.05. The lowest BCUT2D eigenvalue weighted by Gasteiger charge is -2.58. The lowest BCUT2D eigenvalue weighted by Crippen LogP contribution is -2.60. The first kappa shape index (κ1) is 30.1. The molecule has 0 aromatic carbocycles. The second-order valence-corrected chi connectivity index (χ2v) is 15.7. The predicted octanol–water partition coefficient (Wildman–Crippen LogP) is 2.65. The van der Waals surface area contributed by atoms with Gasteiger partial charge in [0.15, 0.2) is 12.1 Å². The van der Waals surface area contributed by atoms with Crippen LogP contribution >= 0.6 is 0 Å². The van der Waals surface area contributed by atoms with Crippen LogP contribution in [0.4, 0.5) is 0 Å². The molecule has 2 unspecified atom stereocenters. The molecule has 0 amide bonds. The number of aliphatic hydroxyl groups excluding tert-OH is 5. The molecule has 9 nitrogen and oxygen atoms in total. The topological polar surface area (TPSA) is 138 Å². The van der Waals surface area contributed by atoms with Crippen LogP contribution in [0.5, 0.6) is 0 Å². The fourth-order valence-corrected chi connectivity index (χ4v) is 11.3. The van der Waals surface area contributed by atoms with Gasteiger partial charge in [0.05, 0.1) is 31.0 Å². The summed E-state index contributed by atoms with van der Waals surface area (Å²) in [4.78, 5) is 0. The molecule has 3 heterocycles. The molecule has 42 heavy (non-hydrogen) atoms. The Morgan fingerprint density at radius 2 is 1.74 bits per heavy atom. The zero-order chi connectivity index (χ0) is 29.8. The van der Waals surface area contributed by atoms with Crippen LogP contribution in [0, 0.1) is 40.4 Å². The van der Waals surface area contributed by atoms with E-state index in [4.69, 9.17) is 18.9 Å². The Morgan fingerprint density at radius 3 is 2.45 bits per heavy atom. The molecule has 3 saturated heterocycles. The molecule has 5 N–H and O–H groups in total. The molecule has 9 heteroatoms. The summed E-state index contributed by atoms with van der Waals surface area (Å²) in [5.74, 6) is 2.10. The van der Waals surface area contributed by atoms with Gasteiger partial charge in [0, 0.05) is 12.3 Å². The molecule has 16 atom stereocenters. The summed E-state index contributed by atoms with van der Waals surface area (Å²) in [5.41, 5.74) is 1.27. The SMILES string of the molecule is C[C@H]1[C@H]2[C@H](C[C@H]3[C@@H]4CC=C5C[C@@H](O[C@@H]6O[C@H](CO)[C@@H](O)C(O)C6O)CC[C@]5(C)[C@H]4CC[C@]23C)O[C@]12CC[C@@](C)(CO)O2. The number of allylic oxidation sites excluding steroid dienone is 1. The maximum atomic E-state index is 10.5. The Hall–Kier alpha value is -0.620. The quantitative estimate of drug-likeness (QED) is 0.312. The van der Waals surface area contributed by atoms with Crippen LogP contribution in [0.1, 0.15) is 85.5 Å². The van der Waals surface area contributed by atoms with Gasteiger partial charge in [0.1, 0.15) is 24.4 Å². The van der Waals surface area contributed by atoms with Gasteiger partial charge < -0.3 is 44.5 Å². The van der Waals surface area contributed by atoms with Crippen LogP contribution in [0.2, 0.25) is 0 Å². The van der Waals surface area contributed by atoms with E-state index in [0.717, 1.165) is 44.9 Å². The monoisotopic (exact) mass is 592 g/mol. The van der Waals surface area contributed by atoms with Crippen molar-refractivity contribution in [3.8, 4) is 0 Å². The zero-order valence-electron chi connectivity index (χ0n) is 25.7. The van der Waals surface area contributed by atoms with Crippen LogP contribution in [0.15, 0.2) is 11.6 Å². The Labute approximate surface area is 249 Å². The molecule has 0 aromatic heterocycles. The highest BCUT2D eigenvalue weighted by Gasteiger charge is 2.70. The van der Waals surface area contributed by atoms with Crippen molar-refractivity contribution in [2.24, 2.45) is 40.4 Å². The minimum absolute atomic E-state index is 0.0332. The normalized spacial score (nSPS) is 58.7. The lowest BCUT2D eigenvalue weighted by atomic mass is 9.47. The average molecular weight is 593 g/mol. The van der Waals surface area contributed by atoms with Crippen LogP contribution in [0.25, 0.3) is 0 Å². The van der Waals surface area contributed by atoms with Crippen LogP contribution in [-0.4, -0.2) is 93.0 Å². The fourth-order valence-electron chi connectivity index (χ4n) is 11.3. The van der Waals surface area contributed by atoms with Crippen molar-refractivity contribution in [3.05, 3.63) is 11.6 Å². The number of ether oxygens (including phenoxy) is 4. The van der Waals surface area contributed by atoms with Gasteiger partial charge in [0.2, 0.25) is 0 Å². The first-order chi connectivity index (χ1) is 19.9. The summed E-state index contributed by atoms with van der Waals surface area (Å²) in [5, 5.41) is 50.4. The van der Waals surface area contributed by atoms with Crippen molar-refractivity contribution in [2.75, 3.05) is 13.2 Å². The van der Waals surface area contributed by atoms with E-state index in [1.54, 1.807) is 0 Å². The maximum Gasteiger partial charge on any atom is 0.186 e. The number of rotatable bonds is 4.